The van der Waals surface area contributed by atoms with Crippen molar-refractivity contribution in [2.75, 3.05) is 6.61 Å². The Kier molecular flexibility index (Phi) is 5.66. The van der Waals surface area contributed by atoms with Gasteiger partial charge in [-0.15, -0.1) is 0 Å². The van der Waals surface area contributed by atoms with Crippen molar-refractivity contribution in [3.8, 4) is 5.69 Å². The maximum atomic E-state index is 14.0. The SMILES string of the molecule is Cc1nccn1-c1ccc(C2(OCc3ccccc3)CCCCO2)cc1C(F)(F)F. The topological polar surface area (TPSA) is 36.3 Å². The van der Waals surface area contributed by atoms with Gasteiger partial charge in [-0.1, -0.05) is 36.4 Å². The first-order valence-electron chi connectivity index (χ1n) is 9.93. The first kappa shape index (κ1) is 20.6. The summed E-state index contributed by atoms with van der Waals surface area (Å²) in [5, 5.41) is 0. The van der Waals surface area contributed by atoms with Gasteiger partial charge in [-0.2, -0.15) is 13.2 Å². The van der Waals surface area contributed by atoms with E-state index in [2.05, 4.69) is 4.98 Å². The van der Waals surface area contributed by atoms with Crippen LogP contribution in [0.1, 0.15) is 41.8 Å². The minimum absolute atomic E-state index is 0.0373. The Morgan fingerprint density at radius 1 is 1.13 bits per heavy atom. The summed E-state index contributed by atoms with van der Waals surface area (Å²) < 4.78 is 55.5. The van der Waals surface area contributed by atoms with Crippen molar-refractivity contribution in [2.45, 2.75) is 44.8 Å². The molecular formula is C23H23F3N2O2. The Hall–Kier alpha value is -2.64. The molecular weight excluding hydrogens is 393 g/mol. The van der Waals surface area contributed by atoms with Gasteiger partial charge in [0.2, 0.25) is 0 Å². The number of hydrogen-bond acceptors (Lipinski definition) is 3. The second-order valence-electron chi connectivity index (χ2n) is 7.41. The molecule has 0 spiro atoms. The highest BCUT2D eigenvalue weighted by Crippen LogP contribution is 2.42. The Balaban J connectivity index is 1.74. The van der Waals surface area contributed by atoms with Gasteiger partial charge in [-0.3, -0.25) is 0 Å². The van der Waals surface area contributed by atoms with Gasteiger partial charge in [0.15, 0.2) is 5.79 Å². The Morgan fingerprint density at radius 3 is 2.57 bits per heavy atom. The van der Waals surface area contributed by atoms with E-state index in [9.17, 15) is 13.2 Å². The first-order chi connectivity index (χ1) is 14.4. The minimum atomic E-state index is -4.53. The van der Waals surface area contributed by atoms with Crippen LogP contribution in [0.25, 0.3) is 5.69 Å². The fraction of sp³-hybridized carbons (Fsp3) is 0.348. The van der Waals surface area contributed by atoms with Crippen molar-refractivity contribution >= 4 is 0 Å². The Bertz CT molecular complexity index is 993. The molecule has 1 aliphatic rings. The summed E-state index contributed by atoms with van der Waals surface area (Å²) in [5.41, 5.74) is 0.618. The minimum Gasteiger partial charge on any atom is -0.346 e. The molecule has 1 unspecified atom stereocenters. The largest absolute Gasteiger partial charge is 0.418 e. The van der Waals surface area contributed by atoms with Gasteiger partial charge in [0, 0.05) is 24.4 Å². The number of alkyl halides is 3. The molecule has 1 fully saturated rings. The van der Waals surface area contributed by atoms with Crippen molar-refractivity contribution in [3.63, 3.8) is 0 Å². The fourth-order valence-electron chi connectivity index (χ4n) is 3.81. The van der Waals surface area contributed by atoms with Crippen LogP contribution in [-0.4, -0.2) is 16.2 Å². The standard InChI is InChI=1S/C23H23F3N2O2/c1-17-27-12-13-28(17)21-10-9-19(15-20(21)23(24,25)26)22(11-5-6-14-29-22)30-16-18-7-3-2-4-8-18/h2-4,7-10,12-13,15H,5-6,11,14,16H2,1H3. The number of benzene rings is 2. The Labute approximate surface area is 173 Å². The van der Waals surface area contributed by atoms with Gasteiger partial charge in [0.05, 0.1) is 24.5 Å². The third-order valence-corrected chi connectivity index (χ3v) is 5.38. The third-order valence-electron chi connectivity index (χ3n) is 5.38. The molecule has 1 saturated heterocycles. The van der Waals surface area contributed by atoms with Crippen LogP contribution in [0.2, 0.25) is 0 Å². The van der Waals surface area contributed by atoms with Crippen molar-refractivity contribution in [3.05, 3.63) is 83.4 Å². The molecule has 0 N–H and O–H groups in total. The van der Waals surface area contributed by atoms with Crippen LogP contribution in [0.3, 0.4) is 0 Å². The zero-order valence-electron chi connectivity index (χ0n) is 16.7. The van der Waals surface area contributed by atoms with Gasteiger partial charge in [0.1, 0.15) is 5.82 Å². The number of ether oxygens (including phenoxy) is 2. The normalized spacial score (nSPS) is 19.7. The summed E-state index contributed by atoms with van der Waals surface area (Å²) in [7, 11) is 0. The molecule has 0 radical (unpaired) electrons. The number of imidazole rings is 1. The molecule has 1 aliphatic heterocycles. The van der Waals surface area contributed by atoms with Gasteiger partial charge < -0.3 is 14.0 Å². The van der Waals surface area contributed by atoms with Crippen molar-refractivity contribution in [1.82, 2.24) is 9.55 Å². The predicted molar refractivity (Wildman–Crippen MR) is 106 cm³/mol. The summed E-state index contributed by atoms with van der Waals surface area (Å²) in [6.07, 6.45) is 0.655. The molecule has 30 heavy (non-hydrogen) atoms. The van der Waals surface area contributed by atoms with Gasteiger partial charge in [0.25, 0.3) is 0 Å². The maximum Gasteiger partial charge on any atom is 0.418 e. The van der Waals surface area contributed by atoms with E-state index in [1.807, 2.05) is 30.3 Å². The average molecular weight is 416 g/mol. The number of hydrogen-bond donors (Lipinski definition) is 0. The number of aromatic nitrogens is 2. The third kappa shape index (κ3) is 4.13. The van der Waals surface area contributed by atoms with Crippen LogP contribution in [0.15, 0.2) is 60.9 Å². The van der Waals surface area contributed by atoms with E-state index in [1.165, 1.54) is 23.0 Å². The fourth-order valence-corrected chi connectivity index (χ4v) is 3.81. The number of nitrogens with zero attached hydrogens (tertiary/aromatic N) is 2. The Morgan fingerprint density at radius 2 is 1.93 bits per heavy atom. The molecule has 0 aliphatic carbocycles. The van der Waals surface area contributed by atoms with Crippen molar-refractivity contribution in [1.29, 1.82) is 0 Å². The lowest BCUT2D eigenvalue weighted by atomic mass is 9.94. The van der Waals surface area contributed by atoms with Crippen LogP contribution in [0.4, 0.5) is 13.2 Å². The smallest absolute Gasteiger partial charge is 0.346 e. The van der Waals surface area contributed by atoms with Crippen LogP contribution in [-0.2, 0) is 28.0 Å². The quantitative estimate of drug-likeness (QED) is 0.530. The van der Waals surface area contributed by atoms with Crippen LogP contribution >= 0.6 is 0 Å². The maximum absolute atomic E-state index is 14.0. The van der Waals surface area contributed by atoms with Crippen LogP contribution in [0, 0.1) is 6.92 Å². The summed E-state index contributed by atoms with van der Waals surface area (Å²) >= 11 is 0. The molecule has 2 aromatic carbocycles. The molecule has 0 saturated carbocycles. The average Bonchev–Trinajstić information content (AvgIpc) is 3.18. The lowest BCUT2D eigenvalue weighted by Crippen LogP contribution is -2.37. The monoisotopic (exact) mass is 416 g/mol. The second kappa shape index (κ2) is 8.24. The van der Waals surface area contributed by atoms with E-state index in [4.69, 9.17) is 9.47 Å². The zero-order chi connectivity index (χ0) is 21.2. The van der Waals surface area contributed by atoms with E-state index >= 15 is 0 Å². The number of aryl methyl sites for hydroxylation is 1. The summed E-state index contributed by atoms with van der Waals surface area (Å²) in [6.45, 7) is 2.37. The van der Waals surface area contributed by atoms with Gasteiger partial charge in [-0.25, -0.2) is 4.98 Å². The molecule has 4 nitrogen and oxygen atoms in total. The van der Waals surface area contributed by atoms with Crippen molar-refractivity contribution < 1.29 is 22.6 Å². The molecule has 0 bridgehead atoms. The molecule has 1 atom stereocenters. The first-order valence-corrected chi connectivity index (χ1v) is 9.93. The highest BCUT2D eigenvalue weighted by molar-refractivity contribution is 5.47. The zero-order valence-corrected chi connectivity index (χ0v) is 16.7. The molecule has 2 heterocycles. The number of halogens is 3. The highest BCUT2D eigenvalue weighted by atomic mass is 19.4. The van der Waals surface area contributed by atoms with E-state index < -0.39 is 17.5 Å². The lowest BCUT2D eigenvalue weighted by Gasteiger charge is -2.38. The van der Waals surface area contributed by atoms with E-state index in [-0.39, 0.29) is 12.3 Å². The van der Waals surface area contributed by atoms with E-state index in [1.54, 1.807) is 13.0 Å². The summed E-state index contributed by atoms with van der Waals surface area (Å²) in [6, 6.07) is 13.8. The summed E-state index contributed by atoms with van der Waals surface area (Å²) in [5.74, 6) is -0.714. The summed E-state index contributed by atoms with van der Waals surface area (Å²) in [4.78, 5) is 4.05. The highest BCUT2D eigenvalue weighted by Gasteiger charge is 2.40. The molecule has 158 valence electrons. The lowest BCUT2D eigenvalue weighted by molar-refractivity contribution is -0.271. The molecule has 1 aromatic heterocycles. The second-order valence-corrected chi connectivity index (χ2v) is 7.41. The molecule has 7 heteroatoms. The molecule has 0 amide bonds. The molecule has 3 aromatic rings. The van der Waals surface area contributed by atoms with Crippen molar-refractivity contribution in [2.24, 2.45) is 0 Å². The number of rotatable bonds is 5. The van der Waals surface area contributed by atoms with Gasteiger partial charge >= 0.3 is 6.18 Å². The van der Waals surface area contributed by atoms with Crippen LogP contribution in [0.5, 0.6) is 0 Å². The predicted octanol–water partition coefficient (Wildman–Crippen LogP) is 5.77. The van der Waals surface area contributed by atoms with E-state index in [0.29, 0.717) is 24.4 Å². The van der Waals surface area contributed by atoms with E-state index in [0.717, 1.165) is 24.5 Å². The molecule has 4 rings (SSSR count). The van der Waals surface area contributed by atoms with Gasteiger partial charge in [-0.05, 0) is 37.5 Å². The van der Waals surface area contributed by atoms with Crippen LogP contribution < -0.4 is 0 Å².